The lowest BCUT2D eigenvalue weighted by Gasteiger charge is -2.27. The number of carbonyl (C=O) groups is 1. The van der Waals surface area contributed by atoms with Crippen LogP contribution in [-0.4, -0.2) is 33.9 Å². The molecular formula is C10H16N4O. The van der Waals surface area contributed by atoms with Crippen molar-refractivity contribution in [3.05, 3.63) is 11.9 Å². The molecule has 82 valence electrons. The SMILES string of the molecule is CC1CNCCC1C(=O)c1cnnn1C. The van der Waals surface area contributed by atoms with Gasteiger partial charge in [0.05, 0.1) is 6.20 Å². The first-order valence-electron chi connectivity index (χ1n) is 5.29. The molecule has 2 heterocycles. The third-order valence-corrected chi connectivity index (χ3v) is 3.09. The van der Waals surface area contributed by atoms with Crippen LogP contribution in [0.2, 0.25) is 0 Å². The van der Waals surface area contributed by atoms with E-state index in [4.69, 9.17) is 0 Å². The van der Waals surface area contributed by atoms with E-state index < -0.39 is 0 Å². The van der Waals surface area contributed by atoms with E-state index in [2.05, 4.69) is 22.6 Å². The van der Waals surface area contributed by atoms with E-state index in [0.717, 1.165) is 19.5 Å². The van der Waals surface area contributed by atoms with Gasteiger partial charge in [-0.1, -0.05) is 12.1 Å². The first-order valence-corrected chi connectivity index (χ1v) is 5.29. The topological polar surface area (TPSA) is 59.8 Å². The minimum Gasteiger partial charge on any atom is -0.316 e. The van der Waals surface area contributed by atoms with Crippen LogP contribution in [0.5, 0.6) is 0 Å². The van der Waals surface area contributed by atoms with Gasteiger partial charge in [0.25, 0.3) is 0 Å². The number of aromatic nitrogens is 3. The molecule has 2 rings (SSSR count). The Morgan fingerprint density at radius 3 is 3.07 bits per heavy atom. The predicted molar refractivity (Wildman–Crippen MR) is 55.5 cm³/mol. The molecule has 1 saturated heterocycles. The molecule has 5 heteroatoms. The van der Waals surface area contributed by atoms with Gasteiger partial charge in [-0.15, -0.1) is 5.10 Å². The van der Waals surface area contributed by atoms with Gasteiger partial charge in [-0.25, -0.2) is 4.68 Å². The third-order valence-electron chi connectivity index (χ3n) is 3.09. The first kappa shape index (κ1) is 10.3. The van der Waals surface area contributed by atoms with Gasteiger partial charge in [0.2, 0.25) is 0 Å². The van der Waals surface area contributed by atoms with Crippen LogP contribution in [0.3, 0.4) is 0 Å². The summed E-state index contributed by atoms with van der Waals surface area (Å²) in [5, 5.41) is 10.8. The van der Waals surface area contributed by atoms with E-state index in [1.807, 2.05) is 0 Å². The average Bonchev–Trinajstić information content (AvgIpc) is 2.64. The van der Waals surface area contributed by atoms with Crippen LogP contribution in [-0.2, 0) is 7.05 Å². The van der Waals surface area contributed by atoms with Gasteiger partial charge in [0.1, 0.15) is 5.69 Å². The molecule has 0 aromatic carbocycles. The summed E-state index contributed by atoms with van der Waals surface area (Å²) in [7, 11) is 1.76. The van der Waals surface area contributed by atoms with Gasteiger partial charge in [-0.3, -0.25) is 4.79 Å². The van der Waals surface area contributed by atoms with Crippen LogP contribution in [0.4, 0.5) is 0 Å². The summed E-state index contributed by atoms with van der Waals surface area (Å²) in [5.74, 6) is 0.682. The number of aryl methyl sites for hydroxylation is 1. The minimum absolute atomic E-state index is 0.114. The molecule has 0 spiro atoms. The van der Waals surface area contributed by atoms with Crippen molar-refractivity contribution in [2.24, 2.45) is 18.9 Å². The molecule has 1 aliphatic rings. The summed E-state index contributed by atoms with van der Waals surface area (Å²) in [6, 6.07) is 0. The highest BCUT2D eigenvalue weighted by atomic mass is 16.1. The Balaban J connectivity index is 2.17. The lowest BCUT2D eigenvalue weighted by molar-refractivity contribution is 0.0838. The fourth-order valence-corrected chi connectivity index (χ4v) is 2.11. The first-order chi connectivity index (χ1) is 7.20. The number of ketones is 1. The van der Waals surface area contributed by atoms with Gasteiger partial charge in [-0.2, -0.15) is 0 Å². The fraction of sp³-hybridized carbons (Fsp3) is 0.700. The van der Waals surface area contributed by atoms with E-state index >= 15 is 0 Å². The van der Waals surface area contributed by atoms with Crippen LogP contribution >= 0.6 is 0 Å². The molecule has 0 aliphatic carbocycles. The molecule has 2 atom stereocenters. The van der Waals surface area contributed by atoms with Crippen molar-refractivity contribution in [3.63, 3.8) is 0 Å². The Hall–Kier alpha value is -1.23. The number of piperidine rings is 1. The second-order valence-corrected chi connectivity index (χ2v) is 4.18. The molecule has 1 aliphatic heterocycles. The van der Waals surface area contributed by atoms with Gasteiger partial charge >= 0.3 is 0 Å². The molecule has 1 aromatic rings. The largest absolute Gasteiger partial charge is 0.316 e. The van der Waals surface area contributed by atoms with Gasteiger partial charge in [-0.05, 0) is 25.4 Å². The molecule has 0 saturated carbocycles. The number of rotatable bonds is 2. The van der Waals surface area contributed by atoms with Crippen LogP contribution in [0.1, 0.15) is 23.8 Å². The summed E-state index contributed by atoms with van der Waals surface area (Å²) in [6.07, 6.45) is 2.46. The normalized spacial score (nSPS) is 26.5. The van der Waals surface area contributed by atoms with Gasteiger partial charge in [0.15, 0.2) is 5.78 Å². The molecule has 2 unspecified atom stereocenters. The number of nitrogens with zero attached hydrogens (tertiary/aromatic N) is 3. The molecule has 1 N–H and O–H groups in total. The van der Waals surface area contributed by atoms with Crippen molar-refractivity contribution >= 4 is 5.78 Å². The predicted octanol–water partition coefficient (Wildman–Crippen LogP) is 0.243. The number of hydrogen-bond acceptors (Lipinski definition) is 4. The summed E-state index contributed by atoms with van der Waals surface area (Å²) in [5.41, 5.74) is 0.619. The Bertz CT molecular complexity index is 360. The third kappa shape index (κ3) is 1.92. The summed E-state index contributed by atoms with van der Waals surface area (Å²) < 4.78 is 1.55. The second-order valence-electron chi connectivity index (χ2n) is 4.18. The van der Waals surface area contributed by atoms with Gasteiger partial charge < -0.3 is 5.32 Å². The average molecular weight is 208 g/mol. The van der Waals surface area contributed by atoms with Crippen LogP contribution in [0.15, 0.2) is 6.20 Å². The summed E-state index contributed by atoms with van der Waals surface area (Å²) in [4.78, 5) is 12.2. The van der Waals surface area contributed by atoms with E-state index in [-0.39, 0.29) is 11.7 Å². The molecule has 15 heavy (non-hydrogen) atoms. The monoisotopic (exact) mass is 208 g/mol. The lowest BCUT2D eigenvalue weighted by atomic mass is 9.83. The smallest absolute Gasteiger partial charge is 0.185 e. The molecule has 5 nitrogen and oxygen atoms in total. The van der Waals surface area contributed by atoms with Crippen LogP contribution in [0, 0.1) is 11.8 Å². The number of Topliss-reactive ketones (excluding diaryl/α,β-unsaturated/α-hetero) is 1. The van der Waals surface area contributed by atoms with Crippen molar-refractivity contribution in [2.75, 3.05) is 13.1 Å². The van der Waals surface area contributed by atoms with Gasteiger partial charge in [0, 0.05) is 13.0 Å². The maximum absolute atomic E-state index is 12.2. The zero-order chi connectivity index (χ0) is 10.8. The molecule has 1 aromatic heterocycles. The molecular weight excluding hydrogens is 192 g/mol. The van der Waals surface area contributed by atoms with Crippen LogP contribution < -0.4 is 5.32 Å². The maximum Gasteiger partial charge on any atom is 0.185 e. The minimum atomic E-state index is 0.114. The number of carbonyl (C=O) groups excluding carboxylic acids is 1. The van der Waals surface area contributed by atoms with Crippen molar-refractivity contribution in [1.29, 1.82) is 0 Å². The highest BCUT2D eigenvalue weighted by molar-refractivity contribution is 5.96. The summed E-state index contributed by atoms with van der Waals surface area (Å²) >= 11 is 0. The zero-order valence-corrected chi connectivity index (χ0v) is 9.10. The Morgan fingerprint density at radius 1 is 1.67 bits per heavy atom. The van der Waals surface area contributed by atoms with E-state index in [1.165, 1.54) is 0 Å². The quantitative estimate of drug-likeness (QED) is 0.707. The maximum atomic E-state index is 12.2. The Kier molecular flexibility index (Phi) is 2.81. The molecule has 0 radical (unpaired) electrons. The van der Waals surface area contributed by atoms with E-state index in [1.54, 1.807) is 17.9 Å². The van der Waals surface area contributed by atoms with Crippen molar-refractivity contribution in [3.8, 4) is 0 Å². The van der Waals surface area contributed by atoms with E-state index in [9.17, 15) is 4.79 Å². The van der Waals surface area contributed by atoms with Crippen molar-refractivity contribution in [2.45, 2.75) is 13.3 Å². The second kappa shape index (κ2) is 4.10. The Labute approximate surface area is 88.9 Å². The molecule has 1 fully saturated rings. The standard InChI is InChI=1S/C10H16N4O/c1-7-5-11-4-3-8(7)10(15)9-6-12-13-14(9)2/h6-8,11H,3-5H2,1-2H3. The molecule has 0 bridgehead atoms. The number of hydrogen-bond donors (Lipinski definition) is 1. The highest BCUT2D eigenvalue weighted by Crippen LogP contribution is 2.22. The zero-order valence-electron chi connectivity index (χ0n) is 9.10. The highest BCUT2D eigenvalue weighted by Gasteiger charge is 2.29. The fourth-order valence-electron chi connectivity index (χ4n) is 2.11. The van der Waals surface area contributed by atoms with Crippen LogP contribution in [0.25, 0.3) is 0 Å². The van der Waals surface area contributed by atoms with E-state index in [0.29, 0.717) is 11.6 Å². The van der Waals surface area contributed by atoms with Crippen molar-refractivity contribution < 1.29 is 4.79 Å². The Morgan fingerprint density at radius 2 is 2.47 bits per heavy atom. The summed E-state index contributed by atoms with van der Waals surface area (Å²) in [6.45, 7) is 3.95. The lowest BCUT2D eigenvalue weighted by Crippen LogP contribution is -2.39. The molecule has 0 amide bonds. The van der Waals surface area contributed by atoms with Crippen molar-refractivity contribution in [1.82, 2.24) is 20.3 Å². The number of nitrogens with one attached hydrogen (secondary N) is 1.